The Morgan fingerprint density at radius 2 is 1.97 bits per heavy atom. The van der Waals surface area contributed by atoms with E-state index in [1.165, 1.54) is 25.1 Å². The number of rotatable bonds is 8. The molecular weight excluding hydrogens is 392 g/mol. The number of aromatic nitrogens is 4. The summed E-state index contributed by atoms with van der Waals surface area (Å²) < 4.78 is 9.29. The third-order valence-corrected chi connectivity index (χ3v) is 5.16. The Balaban J connectivity index is 1.88. The molecule has 0 radical (unpaired) electrons. The van der Waals surface area contributed by atoms with Gasteiger partial charge in [-0.3, -0.25) is 4.79 Å². The number of esters is 2. The van der Waals surface area contributed by atoms with Gasteiger partial charge in [-0.05, 0) is 22.9 Å². The molecule has 0 saturated carbocycles. The molecule has 0 fully saturated rings. The lowest BCUT2D eigenvalue weighted by Gasteiger charge is -2.01. The summed E-state index contributed by atoms with van der Waals surface area (Å²) in [6.07, 6.45) is 3.95. The van der Waals surface area contributed by atoms with Crippen LogP contribution in [0.1, 0.15) is 21.7 Å². The van der Waals surface area contributed by atoms with Crippen LogP contribution in [-0.2, 0) is 32.0 Å². The molecule has 150 valence electrons. The summed E-state index contributed by atoms with van der Waals surface area (Å²) in [6.45, 7) is 0.285. The minimum absolute atomic E-state index is 0.167. The van der Waals surface area contributed by atoms with Crippen molar-refractivity contribution < 1.29 is 19.1 Å². The number of carbonyl (C=O) groups excluding carboxylic acids is 2. The van der Waals surface area contributed by atoms with Gasteiger partial charge in [-0.1, -0.05) is 30.3 Å². The number of ether oxygens (including phenoxy) is 2. The fourth-order valence-electron chi connectivity index (χ4n) is 2.59. The van der Waals surface area contributed by atoms with Crippen LogP contribution in [0.5, 0.6) is 0 Å². The molecule has 3 rings (SSSR count). The number of thiophene rings is 1. The molecule has 0 spiro atoms. The second kappa shape index (κ2) is 9.74. The first-order valence-corrected chi connectivity index (χ1v) is 9.68. The highest BCUT2D eigenvalue weighted by Gasteiger charge is 2.16. The summed E-state index contributed by atoms with van der Waals surface area (Å²) in [5.41, 5.74) is 1.99. The van der Waals surface area contributed by atoms with Crippen molar-refractivity contribution in [2.24, 2.45) is 0 Å². The summed E-state index contributed by atoms with van der Waals surface area (Å²) in [6, 6.07) is 12.0. The van der Waals surface area contributed by atoms with Gasteiger partial charge in [0.05, 0.1) is 27.2 Å². The molecule has 2 heterocycles. The summed E-state index contributed by atoms with van der Waals surface area (Å²) in [4.78, 5) is 26.0. The molecule has 9 heteroatoms. The first-order chi connectivity index (χ1) is 14.1. The SMILES string of the molecule is COC(=O)C=Cc1cc(-c2nnn(CCC(=O)OC)n2)c(Cc2ccccc2)s1. The average Bonchev–Trinajstić information content (AvgIpc) is 3.37. The number of nitrogens with zero attached hydrogens (tertiary/aromatic N) is 4. The van der Waals surface area contributed by atoms with Crippen LogP contribution in [0, 0.1) is 0 Å². The lowest BCUT2D eigenvalue weighted by Crippen LogP contribution is -2.09. The second-order valence-corrected chi connectivity index (χ2v) is 7.21. The first kappa shape index (κ1) is 20.4. The van der Waals surface area contributed by atoms with Crippen molar-refractivity contribution in [2.75, 3.05) is 14.2 Å². The van der Waals surface area contributed by atoms with Crippen molar-refractivity contribution in [3.8, 4) is 11.4 Å². The normalized spacial score (nSPS) is 11.0. The Bertz CT molecular complexity index is 1010. The predicted octanol–water partition coefficient (Wildman–Crippen LogP) is 2.74. The summed E-state index contributed by atoms with van der Waals surface area (Å²) in [5.74, 6) is -0.286. The predicted molar refractivity (Wildman–Crippen MR) is 108 cm³/mol. The lowest BCUT2D eigenvalue weighted by molar-refractivity contribution is -0.141. The molecule has 0 N–H and O–H groups in total. The zero-order valence-corrected chi connectivity index (χ0v) is 16.9. The number of benzene rings is 1. The van der Waals surface area contributed by atoms with Gasteiger partial charge in [0.25, 0.3) is 0 Å². The van der Waals surface area contributed by atoms with E-state index in [-0.39, 0.29) is 18.9 Å². The van der Waals surface area contributed by atoms with Crippen molar-refractivity contribution in [1.29, 1.82) is 0 Å². The Morgan fingerprint density at radius 1 is 1.17 bits per heavy atom. The van der Waals surface area contributed by atoms with E-state index < -0.39 is 5.97 Å². The maximum absolute atomic E-state index is 11.4. The Labute approximate surface area is 171 Å². The Kier molecular flexibility index (Phi) is 6.85. The maximum atomic E-state index is 11.4. The zero-order chi connectivity index (χ0) is 20.6. The largest absolute Gasteiger partial charge is 0.469 e. The van der Waals surface area contributed by atoms with E-state index in [0.717, 1.165) is 20.9 Å². The topological polar surface area (TPSA) is 96.2 Å². The highest BCUT2D eigenvalue weighted by Crippen LogP contribution is 2.32. The molecule has 0 saturated heterocycles. The van der Waals surface area contributed by atoms with Crippen LogP contribution < -0.4 is 0 Å². The van der Waals surface area contributed by atoms with Gasteiger partial charge in [-0.2, -0.15) is 4.80 Å². The summed E-state index contributed by atoms with van der Waals surface area (Å²) >= 11 is 1.55. The molecule has 0 aliphatic carbocycles. The van der Waals surface area contributed by atoms with Gasteiger partial charge >= 0.3 is 11.9 Å². The third-order valence-electron chi connectivity index (χ3n) is 4.06. The van der Waals surface area contributed by atoms with Gasteiger partial charge in [0.2, 0.25) is 5.82 Å². The number of methoxy groups -OCH3 is 2. The highest BCUT2D eigenvalue weighted by atomic mass is 32.1. The van der Waals surface area contributed by atoms with E-state index in [4.69, 9.17) is 0 Å². The molecule has 1 aromatic carbocycles. The van der Waals surface area contributed by atoms with Crippen LogP contribution in [0.2, 0.25) is 0 Å². The van der Waals surface area contributed by atoms with Crippen molar-refractivity contribution in [2.45, 2.75) is 19.4 Å². The van der Waals surface area contributed by atoms with Crippen molar-refractivity contribution in [3.63, 3.8) is 0 Å². The van der Waals surface area contributed by atoms with E-state index >= 15 is 0 Å². The van der Waals surface area contributed by atoms with E-state index in [1.54, 1.807) is 17.4 Å². The van der Waals surface area contributed by atoms with Crippen molar-refractivity contribution in [1.82, 2.24) is 20.2 Å². The van der Waals surface area contributed by atoms with E-state index in [2.05, 4.69) is 24.9 Å². The number of aryl methyl sites for hydroxylation is 1. The van der Waals surface area contributed by atoms with E-state index in [1.807, 2.05) is 36.4 Å². The number of carbonyl (C=O) groups is 2. The average molecular weight is 412 g/mol. The molecule has 0 aliphatic rings. The van der Waals surface area contributed by atoms with Crippen molar-refractivity contribution in [3.05, 3.63) is 57.8 Å². The molecule has 0 aliphatic heterocycles. The van der Waals surface area contributed by atoms with Gasteiger partial charge < -0.3 is 9.47 Å². The number of tetrazole rings is 1. The lowest BCUT2D eigenvalue weighted by atomic mass is 10.1. The minimum atomic E-state index is -0.420. The Hall–Kier alpha value is -3.33. The van der Waals surface area contributed by atoms with Crippen LogP contribution in [0.4, 0.5) is 0 Å². The highest BCUT2D eigenvalue weighted by molar-refractivity contribution is 7.13. The number of hydrogen-bond acceptors (Lipinski definition) is 8. The monoisotopic (exact) mass is 412 g/mol. The molecule has 8 nitrogen and oxygen atoms in total. The van der Waals surface area contributed by atoms with Crippen LogP contribution in [-0.4, -0.2) is 46.4 Å². The molecule has 29 heavy (non-hydrogen) atoms. The Morgan fingerprint density at radius 3 is 2.69 bits per heavy atom. The zero-order valence-electron chi connectivity index (χ0n) is 16.1. The summed E-state index contributed by atoms with van der Waals surface area (Å²) in [5, 5.41) is 12.6. The van der Waals surface area contributed by atoms with Crippen LogP contribution in [0.25, 0.3) is 17.5 Å². The number of hydrogen-bond donors (Lipinski definition) is 0. The molecule has 0 unspecified atom stereocenters. The van der Waals surface area contributed by atoms with Gasteiger partial charge in [0.1, 0.15) is 0 Å². The molecular formula is C20H20N4O4S. The maximum Gasteiger partial charge on any atom is 0.330 e. The van der Waals surface area contributed by atoms with E-state index in [9.17, 15) is 9.59 Å². The van der Waals surface area contributed by atoms with Crippen LogP contribution in [0.3, 0.4) is 0 Å². The van der Waals surface area contributed by atoms with Gasteiger partial charge in [0.15, 0.2) is 0 Å². The van der Waals surface area contributed by atoms with Crippen molar-refractivity contribution >= 4 is 29.4 Å². The standard InChI is InChI=1S/C20H20N4O4S/c1-27-18(25)9-8-15-13-16(17(29-15)12-14-6-4-3-5-7-14)20-21-23-24(22-20)11-10-19(26)28-2/h3-9,13H,10-12H2,1-2H3. The smallest absolute Gasteiger partial charge is 0.330 e. The molecule has 3 aromatic rings. The van der Waals surface area contributed by atoms with Gasteiger partial charge in [-0.15, -0.1) is 21.5 Å². The summed E-state index contributed by atoms with van der Waals surface area (Å²) in [7, 11) is 2.68. The molecule has 0 amide bonds. The second-order valence-electron chi connectivity index (χ2n) is 6.04. The van der Waals surface area contributed by atoms with E-state index in [0.29, 0.717) is 12.2 Å². The minimum Gasteiger partial charge on any atom is -0.469 e. The fourth-order valence-corrected chi connectivity index (χ4v) is 3.69. The molecule has 0 bridgehead atoms. The molecule has 2 aromatic heterocycles. The quantitative estimate of drug-likeness (QED) is 0.415. The van der Waals surface area contributed by atoms with Gasteiger partial charge in [-0.25, -0.2) is 4.79 Å². The first-order valence-electron chi connectivity index (χ1n) is 8.86. The van der Waals surface area contributed by atoms with Crippen LogP contribution >= 0.6 is 11.3 Å². The molecule has 0 atom stereocenters. The van der Waals surface area contributed by atoms with Crippen LogP contribution in [0.15, 0.2) is 42.5 Å². The third kappa shape index (κ3) is 5.58. The fraction of sp³-hybridized carbons (Fsp3) is 0.250. The van der Waals surface area contributed by atoms with Gasteiger partial charge in [0, 0.05) is 27.8 Å².